The van der Waals surface area contributed by atoms with Gasteiger partial charge in [-0.2, -0.15) is 10.5 Å². The van der Waals surface area contributed by atoms with E-state index in [0.29, 0.717) is 22.6 Å². The molecule has 0 amide bonds. The van der Waals surface area contributed by atoms with Gasteiger partial charge in [-0.1, -0.05) is 142 Å². The summed E-state index contributed by atoms with van der Waals surface area (Å²) in [6.07, 6.45) is 6.19. The maximum Gasteiger partial charge on any atom is 0.261 e. The zero-order chi connectivity index (χ0) is 60.1. The summed E-state index contributed by atoms with van der Waals surface area (Å²) in [7, 11) is 0. The van der Waals surface area contributed by atoms with Gasteiger partial charge in [0.2, 0.25) is 0 Å². The number of rotatable bonds is 9. The number of hydrogen-bond acceptors (Lipinski definition) is 7. The number of para-hydroxylation sites is 4. The molecule has 4 heterocycles. The predicted molar refractivity (Wildman–Crippen MR) is 365 cm³/mol. The molecule has 0 fully saturated rings. The molecule has 0 bridgehead atoms. The highest BCUT2D eigenvalue weighted by molar-refractivity contribution is 7.00. The van der Waals surface area contributed by atoms with Crippen molar-refractivity contribution in [2.45, 2.75) is 26.2 Å². The van der Waals surface area contributed by atoms with Crippen LogP contribution >= 0.6 is 0 Å². The van der Waals surface area contributed by atoms with Crippen LogP contribution in [0.5, 0.6) is 11.5 Å². The first-order valence-electron chi connectivity index (χ1n) is 29.8. The molecule has 12 aromatic carbocycles. The minimum absolute atomic E-state index is 0.117. The van der Waals surface area contributed by atoms with Gasteiger partial charge >= 0.3 is 0 Å². The van der Waals surface area contributed by atoms with Gasteiger partial charge in [0.15, 0.2) is 0 Å². The van der Waals surface area contributed by atoms with Crippen LogP contribution in [0, 0.1) is 35.0 Å². The fraction of sp³-hybridized carbons (Fsp3) is 0.0500. The van der Waals surface area contributed by atoms with Gasteiger partial charge in [-0.15, -0.1) is 6.42 Å². The van der Waals surface area contributed by atoms with Crippen molar-refractivity contribution in [2.24, 2.45) is 0 Å². The normalized spacial score (nSPS) is 12.2. The molecule has 0 radical (unpaired) electrons. The lowest BCUT2D eigenvalue weighted by Gasteiger charge is -2.42. The molecule has 418 valence electrons. The van der Waals surface area contributed by atoms with Crippen LogP contribution in [-0.4, -0.2) is 11.3 Å². The third-order valence-electron chi connectivity index (χ3n) is 17.7. The van der Waals surface area contributed by atoms with Gasteiger partial charge < -0.3 is 28.4 Å². The maximum atomic E-state index is 10.1. The Labute approximate surface area is 516 Å². The molecule has 0 unspecified atom stereocenters. The summed E-state index contributed by atoms with van der Waals surface area (Å²) in [6.45, 7) is 6.32. The summed E-state index contributed by atoms with van der Waals surface area (Å²) in [6, 6.07) is 95.2. The van der Waals surface area contributed by atoms with Crippen molar-refractivity contribution < 1.29 is 9.15 Å². The lowest BCUT2D eigenvalue weighted by Crippen LogP contribution is -2.59. The lowest BCUT2D eigenvalue weighted by molar-refractivity contribution is 0.487. The van der Waals surface area contributed by atoms with E-state index >= 15 is 0 Å². The fourth-order valence-corrected chi connectivity index (χ4v) is 13.6. The standard InChI is InChI=1S/C80H53BN6O2/c1-5-51-33-41-68-64(43-51)65-44-55(80(2,3)4)34-42-69(65)86(68)61-45-71-77-75(47-61)88-74-46-60(84(56-21-11-7-12-22-56)58-35-29-52(49-82)30-36-58)39-40-66(74)81(77)78-72(87(71)67-27-17-15-25-62(67)54-19-9-6-10-20-54)48-70(76-63-26-16-18-28-73(63)89-79(76)78)85(57-23-13-8-14-24-57)59-37-31-53(50-83)32-38-59/h1,6-48H,2-4H3. The summed E-state index contributed by atoms with van der Waals surface area (Å²) in [5, 5.41) is 24.1. The third-order valence-corrected chi connectivity index (χ3v) is 17.7. The first-order valence-corrected chi connectivity index (χ1v) is 29.8. The molecule has 2 aromatic heterocycles. The molecule has 89 heavy (non-hydrogen) atoms. The van der Waals surface area contributed by atoms with Crippen molar-refractivity contribution in [3.05, 3.63) is 283 Å². The van der Waals surface area contributed by atoms with Gasteiger partial charge in [-0.25, -0.2) is 0 Å². The Morgan fingerprint density at radius 3 is 1.73 bits per heavy atom. The maximum absolute atomic E-state index is 10.1. The number of furan rings is 1. The topological polar surface area (TPSA) is 84.6 Å². The molecule has 0 atom stereocenters. The van der Waals surface area contributed by atoms with Crippen LogP contribution in [0.3, 0.4) is 0 Å². The van der Waals surface area contributed by atoms with E-state index in [2.05, 4.69) is 234 Å². The molecule has 9 heteroatoms. The number of anilines is 9. The number of ether oxygens (including phenoxy) is 1. The van der Waals surface area contributed by atoms with Gasteiger partial charge in [0.25, 0.3) is 6.71 Å². The van der Waals surface area contributed by atoms with Crippen LogP contribution in [0.4, 0.5) is 51.2 Å². The average Bonchev–Trinajstić information content (AvgIpc) is 1.78. The number of hydrogen-bond donors (Lipinski definition) is 0. The van der Waals surface area contributed by atoms with Gasteiger partial charge in [-0.3, -0.25) is 0 Å². The molecular weight excluding hydrogens is 1090 g/mol. The van der Waals surface area contributed by atoms with E-state index in [-0.39, 0.29) is 5.41 Å². The summed E-state index contributed by atoms with van der Waals surface area (Å²) < 4.78 is 17.6. The quantitative estimate of drug-likeness (QED) is 0.105. The zero-order valence-corrected chi connectivity index (χ0v) is 49.0. The fourth-order valence-electron chi connectivity index (χ4n) is 13.6. The second kappa shape index (κ2) is 20.6. The molecule has 14 aromatic rings. The monoisotopic (exact) mass is 1140 g/mol. The highest BCUT2D eigenvalue weighted by Gasteiger charge is 2.46. The first-order chi connectivity index (χ1) is 43.6. The van der Waals surface area contributed by atoms with E-state index in [4.69, 9.17) is 15.6 Å². The van der Waals surface area contributed by atoms with Crippen LogP contribution in [0.25, 0.3) is 60.6 Å². The Hall–Kier alpha value is -12.0. The SMILES string of the molecule is C#Cc1ccc2c(c1)c1cc(C(C)(C)C)ccc1n2-c1cc2c3c(c1)N(c1ccccc1-c1ccccc1)c1cc(N(c4ccccc4)c4ccc(C#N)cc4)c4c(oc5ccccc54)c1B3c1ccc(N(c3ccccc3)c3ccc(C#N)cc3)cc1O2. The minimum Gasteiger partial charge on any atom is -0.458 e. The van der Waals surface area contributed by atoms with Crippen molar-refractivity contribution in [3.8, 4) is 52.8 Å². The smallest absolute Gasteiger partial charge is 0.261 e. The Bertz CT molecular complexity index is 5320. The average molecular weight is 1140 g/mol. The van der Waals surface area contributed by atoms with Crippen LogP contribution in [0.15, 0.2) is 265 Å². The Kier molecular flexibility index (Phi) is 12.2. The molecule has 2 aliphatic heterocycles. The van der Waals surface area contributed by atoms with E-state index in [1.165, 1.54) is 5.56 Å². The molecule has 0 aliphatic carbocycles. The van der Waals surface area contributed by atoms with Crippen LogP contribution in [0.2, 0.25) is 0 Å². The summed E-state index contributed by atoms with van der Waals surface area (Å²) in [5.41, 5.74) is 20.8. The minimum atomic E-state index is -0.440. The summed E-state index contributed by atoms with van der Waals surface area (Å²) >= 11 is 0. The van der Waals surface area contributed by atoms with Crippen LogP contribution in [-0.2, 0) is 5.41 Å². The van der Waals surface area contributed by atoms with Crippen molar-refractivity contribution >= 4 is 118 Å². The molecule has 0 N–H and O–H groups in total. The molecule has 0 saturated heterocycles. The van der Waals surface area contributed by atoms with E-state index < -0.39 is 6.71 Å². The van der Waals surface area contributed by atoms with Crippen LogP contribution in [0.1, 0.15) is 43.0 Å². The molecule has 0 spiro atoms. The summed E-state index contributed by atoms with van der Waals surface area (Å²) in [5.74, 6) is 4.32. The van der Waals surface area contributed by atoms with Gasteiger partial charge in [0, 0.05) is 79.2 Å². The molecule has 0 saturated carbocycles. The van der Waals surface area contributed by atoms with Crippen molar-refractivity contribution in [1.29, 1.82) is 10.5 Å². The Morgan fingerprint density at radius 1 is 0.472 bits per heavy atom. The number of nitriles is 2. The second-order valence-corrected chi connectivity index (χ2v) is 23.8. The zero-order valence-electron chi connectivity index (χ0n) is 49.0. The van der Waals surface area contributed by atoms with Gasteiger partial charge in [0.1, 0.15) is 22.7 Å². The van der Waals surface area contributed by atoms with E-state index in [0.717, 1.165) is 134 Å². The number of nitrogens with zero attached hydrogens (tertiary/aromatic N) is 6. The molecule has 8 nitrogen and oxygen atoms in total. The van der Waals surface area contributed by atoms with E-state index in [1.54, 1.807) is 0 Å². The number of aromatic nitrogens is 1. The van der Waals surface area contributed by atoms with Crippen LogP contribution < -0.4 is 35.8 Å². The molecule has 2 aliphatic rings. The van der Waals surface area contributed by atoms with E-state index in [9.17, 15) is 10.5 Å². The first kappa shape index (κ1) is 52.6. The van der Waals surface area contributed by atoms with E-state index in [1.807, 2.05) is 84.9 Å². The lowest BCUT2D eigenvalue weighted by atomic mass is 9.34. The van der Waals surface area contributed by atoms with Gasteiger partial charge in [0.05, 0.1) is 56.7 Å². The highest BCUT2D eigenvalue weighted by atomic mass is 16.5. The largest absolute Gasteiger partial charge is 0.458 e. The third kappa shape index (κ3) is 8.53. The van der Waals surface area contributed by atoms with Crippen molar-refractivity contribution in [2.75, 3.05) is 14.7 Å². The number of benzene rings is 12. The van der Waals surface area contributed by atoms with Crippen molar-refractivity contribution in [3.63, 3.8) is 0 Å². The molecule has 16 rings (SSSR count). The number of terminal acetylenes is 1. The highest BCUT2D eigenvalue weighted by Crippen LogP contribution is 2.52. The predicted octanol–water partition coefficient (Wildman–Crippen LogP) is 18.7. The second-order valence-electron chi connectivity index (χ2n) is 23.8. The Morgan fingerprint density at radius 2 is 1.04 bits per heavy atom. The van der Waals surface area contributed by atoms with Gasteiger partial charge in [-0.05, 0) is 166 Å². The summed E-state index contributed by atoms with van der Waals surface area (Å²) in [4.78, 5) is 6.95. The Balaban J connectivity index is 1.05. The molecular formula is C80H53BN6O2. The van der Waals surface area contributed by atoms with Crippen molar-refractivity contribution in [1.82, 2.24) is 4.57 Å². The number of fused-ring (bicyclic) bond motifs is 11.